The summed E-state index contributed by atoms with van der Waals surface area (Å²) in [5, 5.41) is 3.97. The van der Waals surface area contributed by atoms with Gasteiger partial charge in [-0.05, 0) is 60.9 Å². The second-order valence-corrected chi connectivity index (χ2v) is 6.50. The number of aryl methyl sites for hydroxylation is 1. The zero-order valence-corrected chi connectivity index (χ0v) is 17.4. The van der Waals surface area contributed by atoms with Gasteiger partial charge in [0, 0.05) is 6.20 Å². The minimum atomic E-state index is -0.475. The molecule has 0 aliphatic heterocycles. The molecule has 2 aromatic carbocycles. The Morgan fingerprint density at radius 1 is 1.03 bits per heavy atom. The molecule has 1 aromatic heterocycles. The van der Waals surface area contributed by atoms with Crippen LogP contribution in [0, 0.1) is 0 Å². The summed E-state index contributed by atoms with van der Waals surface area (Å²) in [5.41, 5.74) is 4.89. The number of amides is 1. The van der Waals surface area contributed by atoms with E-state index < -0.39 is 11.9 Å². The van der Waals surface area contributed by atoms with E-state index in [2.05, 4.69) is 15.5 Å². The van der Waals surface area contributed by atoms with Gasteiger partial charge in [0.05, 0.1) is 18.4 Å². The van der Waals surface area contributed by atoms with Crippen molar-refractivity contribution in [3.8, 4) is 11.5 Å². The van der Waals surface area contributed by atoms with Gasteiger partial charge >= 0.3 is 5.97 Å². The summed E-state index contributed by atoms with van der Waals surface area (Å²) in [6.45, 7) is 4.25. The predicted molar refractivity (Wildman–Crippen MR) is 118 cm³/mol. The van der Waals surface area contributed by atoms with Crippen molar-refractivity contribution in [1.82, 2.24) is 10.4 Å². The van der Waals surface area contributed by atoms with E-state index in [1.807, 2.05) is 26.0 Å². The topological polar surface area (TPSA) is 89.9 Å². The first-order valence-corrected chi connectivity index (χ1v) is 9.93. The number of benzene rings is 2. The lowest BCUT2D eigenvalue weighted by molar-refractivity contribution is 0.0728. The molecule has 0 saturated carbocycles. The second-order valence-electron chi connectivity index (χ2n) is 6.50. The van der Waals surface area contributed by atoms with Crippen molar-refractivity contribution in [3.63, 3.8) is 0 Å². The SMILES string of the molecule is CCOc1cc(/C=N/NC(=O)c2ccc(CC)cn2)ccc1OC(=O)c1ccccc1. The Kier molecular flexibility index (Phi) is 7.48. The number of rotatable bonds is 8. The molecule has 0 bridgehead atoms. The molecular formula is C24H23N3O4. The number of hydrogen-bond acceptors (Lipinski definition) is 6. The molecule has 0 fully saturated rings. The molecule has 1 heterocycles. The Bertz CT molecular complexity index is 1060. The van der Waals surface area contributed by atoms with Crippen molar-refractivity contribution in [3.05, 3.63) is 89.2 Å². The van der Waals surface area contributed by atoms with Gasteiger partial charge in [-0.3, -0.25) is 9.78 Å². The molecule has 0 spiro atoms. The highest BCUT2D eigenvalue weighted by Gasteiger charge is 2.13. The van der Waals surface area contributed by atoms with Gasteiger partial charge in [0.15, 0.2) is 11.5 Å². The zero-order chi connectivity index (χ0) is 22.1. The van der Waals surface area contributed by atoms with Gasteiger partial charge in [0.2, 0.25) is 0 Å². The molecule has 7 heteroatoms. The fourth-order valence-electron chi connectivity index (χ4n) is 2.68. The summed E-state index contributed by atoms with van der Waals surface area (Å²) in [6.07, 6.45) is 4.00. The van der Waals surface area contributed by atoms with Crippen LogP contribution < -0.4 is 14.9 Å². The van der Waals surface area contributed by atoms with Crippen molar-refractivity contribution in [2.75, 3.05) is 6.61 Å². The smallest absolute Gasteiger partial charge is 0.343 e. The summed E-state index contributed by atoms with van der Waals surface area (Å²) < 4.78 is 11.1. The van der Waals surface area contributed by atoms with E-state index in [-0.39, 0.29) is 5.69 Å². The van der Waals surface area contributed by atoms with Crippen molar-refractivity contribution in [2.45, 2.75) is 20.3 Å². The first kappa shape index (κ1) is 21.7. The maximum Gasteiger partial charge on any atom is 0.343 e. The minimum absolute atomic E-state index is 0.285. The van der Waals surface area contributed by atoms with Gasteiger partial charge in [0.25, 0.3) is 5.91 Å². The fraction of sp³-hybridized carbons (Fsp3) is 0.167. The van der Waals surface area contributed by atoms with E-state index in [0.717, 1.165) is 12.0 Å². The van der Waals surface area contributed by atoms with E-state index in [1.54, 1.807) is 54.7 Å². The van der Waals surface area contributed by atoms with Crippen LogP contribution in [0.1, 0.15) is 45.8 Å². The lowest BCUT2D eigenvalue weighted by atomic mass is 10.2. The molecule has 3 aromatic rings. The number of carbonyl (C=O) groups is 2. The van der Waals surface area contributed by atoms with Crippen LogP contribution in [0.5, 0.6) is 11.5 Å². The lowest BCUT2D eigenvalue weighted by Crippen LogP contribution is -2.19. The van der Waals surface area contributed by atoms with Gasteiger partial charge in [-0.15, -0.1) is 0 Å². The van der Waals surface area contributed by atoms with E-state index in [1.165, 1.54) is 6.21 Å². The van der Waals surface area contributed by atoms with Gasteiger partial charge in [0.1, 0.15) is 5.69 Å². The van der Waals surface area contributed by atoms with Gasteiger partial charge in [-0.2, -0.15) is 5.10 Å². The Balaban J connectivity index is 1.68. The molecule has 1 N–H and O–H groups in total. The summed E-state index contributed by atoms with van der Waals surface area (Å²) in [5.74, 6) is -0.176. The molecule has 0 atom stereocenters. The Morgan fingerprint density at radius 3 is 2.52 bits per heavy atom. The molecule has 0 saturated heterocycles. The van der Waals surface area contributed by atoms with Crippen LogP contribution in [0.15, 0.2) is 72.0 Å². The molecule has 158 valence electrons. The average Bonchev–Trinajstić information content (AvgIpc) is 2.81. The summed E-state index contributed by atoms with van der Waals surface area (Å²) in [6, 6.07) is 17.2. The number of hydrogen-bond donors (Lipinski definition) is 1. The normalized spacial score (nSPS) is 10.6. The summed E-state index contributed by atoms with van der Waals surface area (Å²) in [4.78, 5) is 28.6. The highest BCUT2D eigenvalue weighted by molar-refractivity contribution is 5.93. The van der Waals surface area contributed by atoms with E-state index in [0.29, 0.717) is 29.2 Å². The number of carbonyl (C=O) groups excluding carboxylic acids is 2. The zero-order valence-electron chi connectivity index (χ0n) is 17.4. The van der Waals surface area contributed by atoms with Crippen LogP contribution in [0.3, 0.4) is 0 Å². The third kappa shape index (κ3) is 5.99. The van der Waals surface area contributed by atoms with Gasteiger partial charge < -0.3 is 9.47 Å². The molecule has 0 radical (unpaired) electrons. The van der Waals surface area contributed by atoms with E-state index in [4.69, 9.17) is 9.47 Å². The van der Waals surface area contributed by atoms with Crippen LogP contribution in [0.25, 0.3) is 0 Å². The van der Waals surface area contributed by atoms with Crippen LogP contribution in [-0.2, 0) is 6.42 Å². The Morgan fingerprint density at radius 2 is 1.84 bits per heavy atom. The van der Waals surface area contributed by atoms with Crippen molar-refractivity contribution in [1.29, 1.82) is 0 Å². The number of esters is 1. The third-order valence-electron chi connectivity index (χ3n) is 4.33. The van der Waals surface area contributed by atoms with Crippen LogP contribution in [-0.4, -0.2) is 29.7 Å². The van der Waals surface area contributed by atoms with E-state index >= 15 is 0 Å². The molecule has 1 amide bonds. The first-order chi connectivity index (χ1) is 15.1. The molecule has 3 rings (SSSR count). The van der Waals surface area contributed by atoms with Crippen LogP contribution in [0.2, 0.25) is 0 Å². The monoisotopic (exact) mass is 417 g/mol. The number of aromatic nitrogens is 1. The summed E-state index contributed by atoms with van der Waals surface area (Å²) >= 11 is 0. The number of pyridine rings is 1. The summed E-state index contributed by atoms with van der Waals surface area (Å²) in [7, 11) is 0. The van der Waals surface area contributed by atoms with Gasteiger partial charge in [-0.1, -0.05) is 31.2 Å². The number of ether oxygens (including phenoxy) is 2. The molecule has 0 aliphatic carbocycles. The Hall–Kier alpha value is -4.00. The quantitative estimate of drug-likeness (QED) is 0.259. The fourth-order valence-corrected chi connectivity index (χ4v) is 2.68. The molecule has 7 nitrogen and oxygen atoms in total. The average molecular weight is 417 g/mol. The van der Waals surface area contributed by atoms with Crippen LogP contribution in [0.4, 0.5) is 0 Å². The molecule has 0 aliphatic rings. The number of hydrazone groups is 1. The highest BCUT2D eigenvalue weighted by Crippen LogP contribution is 2.29. The largest absolute Gasteiger partial charge is 0.490 e. The maximum atomic E-state index is 12.3. The van der Waals surface area contributed by atoms with Crippen molar-refractivity contribution in [2.24, 2.45) is 5.10 Å². The highest BCUT2D eigenvalue weighted by atomic mass is 16.6. The van der Waals surface area contributed by atoms with E-state index in [9.17, 15) is 9.59 Å². The Labute approximate surface area is 180 Å². The third-order valence-corrected chi connectivity index (χ3v) is 4.33. The number of nitrogens with zero attached hydrogens (tertiary/aromatic N) is 2. The standard InChI is InChI=1S/C24H23N3O4/c1-3-17-10-12-20(25-15-17)23(28)27-26-16-18-11-13-21(22(14-18)30-4-2)31-24(29)19-8-6-5-7-9-19/h5-16H,3-4H2,1-2H3,(H,27,28)/b26-16+. The second kappa shape index (κ2) is 10.7. The molecule has 31 heavy (non-hydrogen) atoms. The minimum Gasteiger partial charge on any atom is -0.490 e. The van der Waals surface area contributed by atoms with Gasteiger partial charge in [-0.25, -0.2) is 10.2 Å². The van der Waals surface area contributed by atoms with Crippen LogP contribution >= 0.6 is 0 Å². The predicted octanol–water partition coefficient (Wildman–Crippen LogP) is 4.03. The maximum absolute atomic E-state index is 12.3. The molecular weight excluding hydrogens is 394 g/mol. The van der Waals surface area contributed by atoms with Crippen molar-refractivity contribution < 1.29 is 19.1 Å². The molecule has 0 unspecified atom stereocenters. The number of nitrogens with one attached hydrogen (secondary N) is 1. The first-order valence-electron chi connectivity index (χ1n) is 9.93. The lowest BCUT2D eigenvalue weighted by Gasteiger charge is -2.11. The van der Waals surface area contributed by atoms with Crippen molar-refractivity contribution >= 4 is 18.1 Å².